The normalized spacial score (nSPS) is 20.9. The third kappa shape index (κ3) is 1.89. The molecule has 1 N–H and O–H groups in total. The SMILES string of the molecule is CCc1nc2nccc(C3CNCCO3)n2n1. The van der Waals surface area contributed by atoms with E-state index in [0.717, 1.165) is 37.6 Å². The number of nitrogens with one attached hydrogen (secondary N) is 1. The molecule has 2 aromatic heterocycles. The standard InChI is InChI=1S/C11H15N5O/c1-2-10-14-11-13-4-3-8(16(11)15-10)9-7-12-5-6-17-9/h3-4,9,12H,2,5-7H2,1H3. The zero-order chi connectivity index (χ0) is 11.7. The lowest BCUT2D eigenvalue weighted by molar-refractivity contribution is 0.0236. The van der Waals surface area contributed by atoms with Crippen molar-refractivity contribution in [3.8, 4) is 0 Å². The molecule has 0 saturated carbocycles. The average Bonchev–Trinajstić information content (AvgIpc) is 2.82. The second-order valence-corrected chi connectivity index (χ2v) is 4.03. The smallest absolute Gasteiger partial charge is 0.252 e. The van der Waals surface area contributed by atoms with Crippen LogP contribution in [0.1, 0.15) is 24.5 Å². The van der Waals surface area contributed by atoms with Crippen LogP contribution in [-0.2, 0) is 11.2 Å². The maximum absolute atomic E-state index is 5.74. The van der Waals surface area contributed by atoms with Crippen molar-refractivity contribution in [3.63, 3.8) is 0 Å². The predicted octanol–water partition coefficient (Wildman–Crippen LogP) is 0.348. The average molecular weight is 233 g/mol. The van der Waals surface area contributed by atoms with Crippen LogP contribution in [0.2, 0.25) is 0 Å². The van der Waals surface area contributed by atoms with Crippen molar-refractivity contribution in [1.82, 2.24) is 24.9 Å². The third-order valence-corrected chi connectivity index (χ3v) is 2.89. The monoisotopic (exact) mass is 233 g/mol. The third-order valence-electron chi connectivity index (χ3n) is 2.89. The highest BCUT2D eigenvalue weighted by molar-refractivity contribution is 5.29. The first-order chi connectivity index (χ1) is 8.38. The Morgan fingerprint density at radius 1 is 1.59 bits per heavy atom. The van der Waals surface area contributed by atoms with Gasteiger partial charge in [-0.1, -0.05) is 6.92 Å². The summed E-state index contributed by atoms with van der Waals surface area (Å²) in [6, 6.07) is 1.94. The first-order valence-corrected chi connectivity index (χ1v) is 5.91. The molecular formula is C11H15N5O. The van der Waals surface area contributed by atoms with Gasteiger partial charge in [0.25, 0.3) is 5.78 Å². The van der Waals surface area contributed by atoms with E-state index in [1.54, 1.807) is 10.7 Å². The van der Waals surface area contributed by atoms with E-state index in [4.69, 9.17) is 4.74 Å². The van der Waals surface area contributed by atoms with Crippen LogP contribution in [0.3, 0.4) is 0 Å². The quantitative estimate of drug-likeness (QED) is 0.810. The van der Waals surface area contributed by atoms with Crippen LogP contribution in [0, 0.1) is 0 Å². The molecule has 3 heterocycles. The van der Waals surface area contributed by atoms with Gasteiger partial charge in [0.2, 0.25) is 0 Å². The van der Waals surface area contributed by atoms with Gasteiger partial charge in [0, 0.05) is 25.7 Å². The number of aryl methyl sites for hydroxylation is 1. The largest absolute Gasteiger partial charge is 0.369 e. The number of rotatable bonds is 2. The van der Waals surface area contributed by atoms with Crippen LogP contribution in [0.4, 0.5) is 0 Å². The fraction of sp³-hybridized carbons (Fsp3) is 0.545. The zero-order valence-electron chi connectivity index (χ0n) is 9.76. The molecule has 6 nitrogen and oxygen atoms in total. The Balaban J connectivity index is 2.05. The molecule has 1 saturated heterocycles. The summed E-state index contributed by atoms with van der Waals surface area (Å²) >= 11 is 0. The lowest BCUT2D eigenvalue weighted by atomic mass is 10.2. The van der Waals surface area contributed by atoms with Gasteiger partial charge in [-0.3, -0.25) is 0 Å². The minimum Gasteiger partial charge on any atom is -0.369 e. The molecule has 1 aliphatic rings. The number of morpholine rings is 1. The van der Waals surface area contributed by atoms with Crippen LogP contribution in [-0.4, -0.2) is 39.3 Å². The first kappa shape index (κ1) is 10.6. The summed E-state index contributed by atoms with van der Waals surface area (Å²) in [7, 11) is 0. The number of fused-ring (bicyclic) bond motifs is 1. The fourth-order valence-corrected chi connectivity index (χ4v) is 2.00. The maximum atomic E-state index is 5.74. The van der Waals surface area contributed by atoms with E-state index in [9.17, 15) is 0 Å². The highest BCUT2D eigenvalue weighted by Gasteiger charge is 2.19. The number of aromatic nitrogens is 4. The fourth-order valence-electron chi connectivity index (χ4n) is 2.00. The minimum absolute atomic E-state index is 0.0284. The second-order valence-electron chi connectivity index (χ2n) is 4.03. The molecule has 0 amide bonds. The van der Waals surface area contributed by atoms with Crippen LogP contribution >= 0.6 is 0 Å². The van der Waals surface area contributed by atoms with Gasteiger partial charge in [-0.2, -0.15) is 9.50 Å². The molecule has 0 bridgehead atoms. The molecule has 90 valence electrons. The van der Waals surface area contributed by atoms with Crippen molar-refractivity contribution in [1.29, 1.82) is 0 Å². The lowest BCUT2D eigenvalue weighted by Gasteiger charge is -2.23. The predicted molar refractivity (Wildman–Crippen MR) is 61.7 cm³/mol. The molecule has 0 aliphatic carbocycles. The van der Waals surface area contributed by atoms with Crippen LogP contribution < -0.4 is 5.32 Å². The van der Waals surface area contributed by atoms with Gasteiger partial charge in [0.05, 0.1) is 12.3 Å². The molecular weight excluding hydrogens is 218 g/mol. The van der Waals surface area contributed by atoms with Gasteiger partial charge in [-0.05, 0) is 6.07 Å². The highest BCUT2D eigenvalue weighted by Crippen LogP contribution is 2.18. The van der Waals surface area contributed by atoms with E-state index in [0.29, 0.717) is 5.78 Å². The van der Waals surface area contributed by atoms with Crippen molar-refractivity contribution in [2.45, 2.75) is 19.4 Å². The Labute approximate surface area is 99.0 Å². The molecule has 0 aromatic carbocycles. The van der Waals surface area contributed by atoms with Crippen molar-refractivity contribution < 1.29 is 4.74 Å². The molecule has 17 heavy (non-hydrogen) atoms. The van der Waals surface area contributed by atoms with E-state index in [1.165, 1.54) is 0 Å². The summed E-state index contributed by atoms with van der Waals surface area (Å²) in [5, 5.41) is 7.75. The molecule has 0 spiro atoms. The van der Waals surface area contributed by atoms with Gasteiger partial charge in [-0.15, -0.1) is 5.10 Å². The molecule has 6 heteroatoms. The van der Waals surface area contributed by atoms with Crippen molar-refractivity contribution in [2.24, 2.45) is 0 Å². The van der Waals surface area contributed by atoms with E-state index in [-0.39, 0.29) is 6.10 Å². The number of hydrogen-bond donors (Lipinski definition) is 1. The maximum Gasteiger partial charge on any atom is 0.252 e. The molecule has 1 fully saturated rings. The van der Waals surface area contributed by atoms with Gasteiger partial charge >= 0.3 is 0 Å². The summed E-state index contributed by atoms with van der Waals surface area (Å²) in [6.07, 6.45) is 2.60. The lowest BCUT2D eigenvalue weighted by Crippen LogP contribution is -2.34. The van der Waals surface area contributed by atoms with Crippen molar-refractivity contribution in [3.05, 3.63) is 23.8 Å². The van der Waals surface area contributed by atoms with E-state index in [2.05, 4.69) is 20.4 Å². The van der Waals surface area contributed by atoms with Gasteiger partial charge < -0.3 is 10.1 Å². The van der Waals surface area contributed by atoms with Gasteiger partial charge in [0.1, 0.15) is 6.10 Å². The molecule has 2 aromatic rings. The molecule has 0 radical (unpaired) electrons. The number of hydrogen-bond acceptors (Lipinski definition) is 5. The van der Waals surface area contributed by atoms with Crippen LogP contribution in [0.15, 0.2) is 12.3 Å². The van der Waals surface area contributed by atoms with Crippen LogP contribution in [0.5, 0.6) is 0 Å². The number of ether oxygens (including phenoxy) is 1. The summed E-state index contributed by atoms with van der Waals surface area (Å²) in [5.41, 5.74) is 1.01. The Morgan fingerprint density at radius 2 is 2.53 bits per heavy atom. The molecule has 3 rings (SSSR count). The zero-order valence-corrected chi connectivity index (χ0v) is 9.76. The highest BCUT2D eigenvalue weighted by atomic mass is 16.5. The summed E-state index contributed by atoms with van der Waals surface area (Å²) < 4.78 is 7.52. The summed E-state index contributed by atoms with van der Waals surface area (Å²) in [6.45, 7) is 4.47. The van der Waals surface area contributed by atoms with Crippen molar-refractivity contribution >= 4 is 5.78 Å². The molecule has 1 atom stereocenters. The molecule has 1 unspecified atom stereocenters. The van der Waals surface area contributed by atoms with Gasteiger partial charge in [-0.25, -0.2) is 4.98 Å². The second kappa shape index (κ2) is 4.38. The van der Waals surface area contributed by atoms with Crippen molar-refractivity contribution in [2.75, 3.05) is 19.7 Å². The molecule has 1 aliphatic heterocycles. The topological polar surface area (TPSA) is 64.3 Å². The van der Waals surface area contributed by atoms with Crippen LogP contribution in [0.25, 0.3) is 5.78 Å². The minimum atomic E-state index is 0.0284. The van der Waals surface area contributed by atoms with E-state index < -0.39 is 0 Å². The Morgan fingerprint density at radius 3 is 3.29 bits per heavy atom. The summed E-state index contributed by atoms with van der Waals surface area (Å²) in [5.74, 6) is 1.46. The van der Waals surface area contributed by atoms with E-state index in [1.807, 2.05) is 13.0 Å². The Hall–Kier alpha value is -1.53. The number of nitrogens with zero attached hydrogens (tertiary/aromatic N) is 4. The van der Waals surface area contributed by atoms with Gasteiger partial charge in [0.15, 0.2) is 5.82 Å². The Bertz CT molecular complexity index is 518. The van der Waals surface area contributed by atoms with E-state index >= 15 is 0 Å². The summed E-state index contributed by atoms with van der Waals surface area (Å²) in [4.78, 5) is 8.57. The Kier molecular flexibility index (Phi) is 2.74. The first-order valence-electron chi connectivity index (χ1n) is 5.91.